The number of benzene rings is 2. The minimum atomic E-state index is 0.596. The van der Waals surface area contributed by atoms with Crippen molar-refractivity contribution in [2.75, 3.05) is 26.9 Å². The van der Waals surface area contributed by atoms with Crippen LogP contribution in [0.15, 0.2) is 53.7 Å². The van der Waals surface area contributed by atoms with E-state index in [-0.39, 0.29) is 0 Å². The smallest absolute Gasteiger partial charge is 0.125 e. The van der Waals surface area contributed by atoms with Gasteiger partial charge in [-0.3, -0.25) is 0 Å². The summed E-state index contributed by atoms with van der Waals surface area (Å²) in [5.74, 6) is 2.75. The van der Waals surface area contributed by atoms with Crippen molar-refractivity contribution in [1.82, 2.24) is 0 Å². The van der Waals surface area contributed by atoms with E-state index in [9.17, 15) is 0 Å². The average Bonchev–Trinajstić information content (AvgIpc) is 2.81. The molecule has 0 N–H and O–H groups in total. The fourth-order valence-corrected chi connectivity index (χ4v) is 3.54. The maximum Gasteiger partial charge on any atom is 0.125 e. The molecule has 0 aliphatic carbocycles. The van der Waals surface area contributed by atoms with Crippen LogP contribution in [0.5, 0.6) is 17.2 Å². The first kappa shape index (κ1) is 26.3. The van der Waals surface area contributed by atoms with Crippen LogP contribution in [0.25, 0.3) is 0 Å². The van der Waals surface area contributed by atoms with Gasteiger partial charge in [-0.25, -0.2) is 0 Å². The van der Waals surface area contributed by atoms with Crippen LogP contribution in [0.3, 0.4) is 0 Å². The van der Waals surface area contributed by atoms with Crippen molar-refractivity contribution < 1.29 is 19.0 Å². The zero-order valence-electron chi connectivity index (χ0n) is 20.6. The number of hydrogen-bond acceptors (Lipinski definition) is 5. The molecule has 2 aromatic rings. The van der Waals surface area contributed by atoms with E-state index in [1.54, 1.807) is 6.21 Å². The predicted molar refractivity (Wildman–Crippen MR) is 136 cm³/mol. The van der Waals surface area contributed by atoms with Crippen LogP contribution in [0, 0.1) is 13.8 Å². The average molecular weight is 454 g/mol. The van der Waals surface area contributed by atoms with Crippen molar-refractivity contribution in [3.63, 3.8) is 0 Å². The van der Waals surface area contributed by atoms with Crippen molar-refractivity contribution in [2.45, 2.75) is 59.3 Å². The van der Waals surface area contributed by atoms with Crippen molar-refractivity contribution in [1.29, 1.82) is 0 Å². The van der Waals surface area contributed by atoms with Gasteiger partial charge in [0.15, 0.2) is 0 Å². The van der Waals surface area contributed by atoms with Gasteiger partial charge >= 0.3 is 0 Å². The summed E-state index contributed by atoms with van der Waals surface area (Å²) in [4.78, 5) is 4.71. The zero-order valence-corrected chi connectivity index (χ0v) is 20.6. The number of aryl methyl sites for hydroxylation is 2. The van der Waals surface area contributed by atoms with E-state index in [1.807, 2.05) is 43.3 Å². The molecular formula is C28H39NO4. The third-order valence-electron chi connectivity index (χ3n) is 5.23. The highest BCUT2D eigenvalue weighted by Crippen LogP contribution is 2.28. The summed E-state index contributed by atoms with van der Waals surface area (Å²) in [6, 6.07) is 12.0. The molecule has 33 heavy (non-hydrogen) atoms. The molecule has 0 amide bonds. The first-order valence-electron chi connectivity index (χ1n) is 11.9. The summed E-state index contributed by atoms with van der Waals surface area (Å²) >= 11 is 0. The van der Waals surface area contributed by atoms with Crippen molar-refractivity contribution in [3.05, 3.63) is 65.2 Å². The van der Waals surface area contributed by atoms with Crippen molar-refractivity contribution >= 4 is 6.21 Å². The molecule has 2 rings (SSSR count). The molecule has 0 saturated heterocycles. The van der Waals surface area contributed by atoms with Gasteiger partial charge in [0.1, 0.15) is 31.0 Å². The molecule has 0 unspecified atom stereocenters. The fourth-order valence-electron chi connectivity index (χ4n) is 3.54. The molecule has 0 radical (unpaired) electrons. The van der Waals surface area contributed by atoms with Crippen molar-refractivity contribution in [3.8, 4) is 17.2 Å². The Hall–Kier alpha value is -2.95. The van der Waals surface area contributed by atoms with E-state index in [2.05, 4.69) is 31.1 Å². The lowest BCUT2D eigenvalue weighted by atomic mass is 10.1. The van der Waals surface area contributed by atoms with Crippen LogP contribution in [0.1, 0.15) is 62.1 Å². The normalized spacial score (nSPS) is 11.3. The van der Waals surface area contributed by atoms with Gasteiger partial charge < -0.3 is 19.0 Å². The Bertz CT molecular complexity index is 853. The van der Waals surface area contributed by atoms with E-state index in [0.29, 0.717) is 6.61 Å². The second-order valence-corrected chi connectivity index (χ2v) is 8.07. The highest BCUT2D eigenvalue weighted by molar-refractivity contribution is 5.79. The Morgan fingerprint density at radius 3 is 2.12 bits per heavy atom. The SMILES string of the molecule is C/C=C/COc1cc(C)c(OCCCCCCCCOc2cccc(/C=N/OC)c2)c(C)c1. The summed E-state index contributed by atoms with van der Waals surface area (Å²) in [5, 5.41) is 3.78. The van der Waals surface area contributed by atoms with Gasteiger partial charge in [-0.2, -0.15) is 0 Å². The van der Waals surface area contributed by atoms with E-state index >= 15 is 0 Å². The molecule has 0 bridgehead atoms. The van der Waals surface area contributed by atoms with Gasteiger partial charge in [0.2, 0.25) is 0 Å². The largest absolute Gasteiger partial charge is 0.494 e. The Balaban J connectivity index is 1.55. The number of ether oxygens (including phenoxy) is 3. The number of hydrogen-bond donors (Lipinski definition) is 0. The molecule has 0 saturated carbocycles. The van der Waals surface area contributed by atoms with Crippen LogP contribution in [0.2, 0.25) is 0 Å². The summed E-state index contributed by atoms with van der Waals surface area (Å²) < 4.78 is 17.7. The third-order valence-corrected chi connectivity index (χ3v) is 5.23. The maximum atomic E-state index is 6.07. The van der Waals surface area contributed by atoms with E-state index < -0.39 is 0 Å². The second-order valence-electron chi connectivity index (χ2n) is 8.07. The highest BCUT2D eigenvalue weighted by atomic mass is 16.6. The molecule has 5 heteroatoms. The van der Waals surface area contributed by atoms with Gasteiger partial charge in [0, 0.05) is 0 Å². The van der Waals surface area contributed by atoms with Gasteiger partial charge in [0.25, 0.3) is 0 Å². The topological polar surface area (TPSA) is 49.3 Å². The van der Waals surface area contributed by atoms with Crippen LogP contribution in [-0.2, 0) is 4.84 Å². The summed E-state index contributed by atoms with van der Waals surface area (Å²) in [5.41, 5.74) is 3.22. The first-order valence-corrected chi connectivity index (χ1v) is 11.9. The number of nitrogens with zero attached hydrogens (tertiary/aromatic N) is 1. The van der Waals surface area contributed by atoms with Gasteiger partial charge in [0.05, 0.1) is 19.4 Å². The predicted octanol–water partition coefficient (Wildman–Crippen LogP) is 7.04. The quantitative estimate of drug-likeness (QED) is 0.118. The minimum absolute atomic E-state index is 0.596. The van der Waals surface area contributed by atoms with Gasteiger partial charge in [-0.15, -0.1) is 0 Å². The molecule has 0 fully saturated rings. The van der Waals surface area contributed by atoms with Gasteiger partial charge in [-0.1, -0.05) is 55.1 Å². The fraction of sp³-hybridized carbons (Fsp3) is 0.464. The van der Waals surface area contributed by atoms with E-state index in [1.165, 1.54) is 32.8 Å². The molecule has 0 spiro atoms. The monoisotopic (exact) mass is 453 g/mol. The summed E-state index contributed by atoms with van der Waals surface area (Å²) in [6.45, 7) is 8.24. The number of unbranched alkanes of at least 4 members (excludes halogenated alkanes) is 5. The first-order chi connectivity index (χ1) is 16.1. The lowest BCUT2D eigenvalue weighted by molar-refractivity contribution is 0.215. The molecule has 2 aromatic carbocycles. The van der Waals surface area contributed by atoms with Crippen LogP contribution in [-0.4, -0.2) is 33.1 Å². The Morgan fingerprint density at radius 1 is 0.788 bits per heavy atom. The molecule has 180 valence electrons. The molecule has 5 nitrogen and oxygen atoms in total. The molecular weight excluding hydrogens is 414 g/mol. The minimum Gasteiger partial charge on any atom is -0.494 e. The van der Waals surface area contributed by atoms with E-state index in [4.69, 9.17) is 19.0 Å². The molecule has 0 atom stereocenters. The summed E-state index contributed by atoms with van der Waals surface area (Å²) in [6.07, 6.45) is 12.6. The third kappa shape index (κ3) is 10.5. The Labute approximate surface area is 199 Å². The maximum absolute atomic E-state index is 6.07. The molecule has 0 heterocycles. The van der Waals surface area contributed by atoms with Crippen LogP contribution >= 0.6 is 0 Å². The molecule has 0 aliphatic heterocycles. The number of oxime groups is 1. The molecule has 0 aliphatic rings. The standard InChI is InChI=1S/C28H39NO4/c1-5-6-16-32-27-19-23(2)28(24(3)20-27)33-18-12-10-8-7-9-11-17-31-26-15-13-14-25(21-26)22-29-30-4/h5-6,13-15,19-22H,7-12,16-18H2,1-4H3/b6-5+,29-22+. The lowest BCUT2D eigenvalue weighted by Gasteiger charge is -2.14. The van der Waals surface area contributed by atoms with Crippen LogP contribution < -0.4 is 14.2 Å². The summed E-state index contributed by atoms with van der Waals surface area (Å²) in [7, 11) is 1.54. The highest BCUT2D eigenvalue weighted by Gasteiger charge is 2.07. The van der Waals surface area contributed by atoms with Crippen molar-refractivity contribution in [2.24, 2.45) is 5.16 Å². The van der Waals surface area contributed by atoms with E-state index in [0.717, 1.165) is 60.0 Å². The van der Waals surface area contributed by atoms with Gasteiger partial charge in [-0.05, 0) is 74.6 Å². The van der Waals surface area contributed by atoms with Crippen LogP contribution in [0.4, 0.5) is 0 Å². The lowest BCUT2D eigenvalue weighted by Crippen LogP contribution is -2.02. The number of rotatable bonds is 16. The zero-order chi connectivity index (χ0) is 23.7. The number of allylic oxidation sites excluding steroid dienone is 1. The second kappa shape index (κ2) is 15.8. The molecule has 0 aromatic heterocycles. The Kier molecular flexibility index (Phi) is 12.6. The Morgan fingerprint density at radius 2 is 1.45 bits per heavy atom.